The van der Waals surface area contributed by atoms with Crippen molar-refractivity contribution in [3.05, 3.63) is 0 Å². The van der Waals surface area contributed by atoms with Crippen LogP contribution in [0.3, 0.4) is 0 Å². The Kier molecular flexibility index (Phi) is 8.54. The molecular formula is C13H24N2O5. The summed E-state index contributed by atoms with van der Waals surface area (Å²) in [6.07, 6.45) is 0. The monoisotopic (exact) mass is 288 g/mol. The quantitative estimate of drug-likeness (QED) is 0.693. The van der Waals surface area contributed by atoms with Crippen LogP contribution in [-0.4, -0.2) is 54.2 Å². The maximum atomic E-state index is 11.9. The summed E-state index contributed by atoms with van der Waals surface area (Å²) in [5, 5.41) is 10.6. The van der Waals surface area contributed by atoms with Crippen molar-refractivity contribution in [2.75, 3.05) is 26.3 Å². The zero-order valence-corrected chi connectivity index (χ0v) is 12.5. The Bertz CT molecular complexity index is 332. The van der Waals surface area contributed by atoms with E-state index in [1.807, 2.05) is 27.7 Å². The summed E-state index contributed by atoms with van der Waals surface area (Å²) in [6, 6.07) is -0.476. The van der Waals surface area contributed by atoms with Gasteiger partial charge in [0, 0.05) is 13.1 Å². The Morgan fingerprint density at radius 3 is 1.95 bits per heavy atom. The summed E-state index contributed by atoms with van der Waals surface area (Å²) in [7, 11) is 0. The van der Waals surface area contributed by atoms with Gasteiger partial charge in [-0.05, 0) is 11.8 Å². The van der Waals surface area contributed by atoms with Crippen LogP contribution >= 0.6 is 0 Å². The van der Waals surface area contributed by atoms with Crippen LogP contribution < -0.4 is 5.32 Å². The Balaban J connectivity index is 4.29. The predicted octanol–water partition coefficient (Wildman–Crippen LogP) is 0.938. The number of amides is 3. The maximum absolute atomic E-state index is 11.9. The molecule has 3 amide bonds. The number of carbonyl (C=O) groups is 3. The number of imide groups is 1. The molecule has 0 aliphatic heterocycles. The number of hydrogen-bond acceptors (Lipinski definition) is 4. The standard InChI is InChI=1S/C13H24N2O5/c1-9(2)5-15(6-10(3)4)13(19)14-11(16)7-20-8-12(17)18/h9-10H,5-8H2,1-4H3,(H,17,18)(H,14,16,19). The highest BCUT2D eigenvalue weighted by Gasteiger charge is 2.18. The molecule has 0 aliphatic carbocycles. The minimum Gasteiger partial charge on any atom is -0.480 e. The number of nitrogens with zero attached hydrogens (tertiary/aromatic N) is 1. The van der Waals surface area contributed by atoms with E-state index in [1.54, 1.807) is 4.90 Å². The van der Waals surface area contributed by atoms with Crippen LogP contribution in [0.4, 0.5) is 4.79 Å². The average molecular weight is 288 g/mol. The molecule has 7 nitrogen and oxygen atoms in total. The molecule has 2 N–H and O–H groups in total. The molecule has 20 heavy (non-hydrogen) atoms. The van der Waals surface area contributed by atoms with Crippen molar-refractivity contribution >= 4 is 17.9 Å². The van der Waals surface area contributed by atoms with Crippen LogP contribution in [0.15, 0.2) is 0 Å². The van der Waals surface area contributed by atoms with Gasteiger partial charge in [-0.25, -0.2) is 9.59 Å². The van der Waals surface area contributed by atoms with E-state index in [0.29, 0.717) is 13.1 Å². The number of carboxylic acids is 1. The number of hydrogen-bond donors (Lipinski definition) is 2. The van der Waals surface area contributed by atoms with Crippen molar-refractivity contribution in [1.29, 1.82) is 0 Å². The lowest BCUT2D eigenvalue weighted by atomic mass is 10.1. The van der Waals surface area contributed by atoms with E-state index >= 15 is 0 Å². The molecule has 0 radical (unpaired) electrons. The van der Waals surface area contributed by atoms with Crippen molar-refractivity contribution in [2.45, 2.75) is 27.7 Å². The van der Waals surface area contributed by atoms with Crippen molar-refractivity contribution in [1.82, 2.24) is 10.2 Å². The number of carboxylic acid groups (broad SMARTS) is 1. The summed E-state index contributed by atoms with van der Waals surface area (Å²) in [4.78, 5) is 35.2. The van der Waals surface area contributed by atoms with Gasteiger partial charge < -0.3 is 14.7 Å². The van der Waals surface area contributed by atoms with Crippen molar-refractivity contribution in [3.8, 4) is 0 Å². The van der Waals surface area contributed by atoms with E-state index < -0.39 is 31.1 Å². The average Bonchev–Trinajstić information content (AvgIpc) is 2.25. The normalized spacial score (nSPS) is 10.7. The van der Waals surface area contributed by atoms with Gasteiger partial charge in [-0.3, -0.25) is 10.1 Å². The Labute approximate surface area is 119 Å². The molecular weight excluding hydrogens is 264 g/mol. The van der Waals surface area contributed by atoms with Gasteiger partial charge in [-0.15, -0.1) is 0 Å². The van der Waals surface area contributed by atoms with E-state index in [1.165, 1.54) is 0 Å². The van der Waals surface area contributed by atoms with Crippen LogP contribution in [0.25, 0.3) is 0 Å². The molecule has 0 aromatic carbocycles. The Morgan fingerprint density at radius 2 is 1.55 bits per heavy atom. The highest BCUT2D eigenvalue weighted by atomic mass is 16.5. The molecule has 0 fully saturated rings. The molecule has 0 aliphatic rings. The smallest absolute Gasteiger partial charge is 0.329 e. The lowest BCUT2D eigenvalue weighted by Crippen LogP contribution is -2.46. The molecule has 0 aromatic rings. The minimum absolute atomic E-state index is 0.290. The zero-order chi connectivity index (χ0) is 15.7. The van der Waals surface area contributed by atoms with Crippen molar-refractivity contribution in [2.24, 2.45) is 11.8 Å². The van der Waals surface area contributed by atoms with E-state index in [4.69, 9.17) is 5.11 Å². The van der Waals surface area contributed by atoms with E-state index in [9.17, 15) is 14.4 Å². The molecule has 0 aromatic heterocycles. The predicted molar refractivity (Wildman–Crippen MR) is 73.2 cm³/mol. The summed E-state index contributed by atoms with van der Waals surface area (Å²) < 4.78 is 4.62. The van der Waals surface area contributed by atoms with E-state index in [0.717, 1.165) is 0 Å². The third-order valence-corrected chi connectivity index (χ3v) is 2.16. The lowest BCUT2D eigenvalue weighted by molar-refractivity contribution is -0.143. The van der Waals surface area contributed by atoms with Crippen LogP contribution in [-0.2, 0) is 14.3 Å². The molecule has 0 atom stereocenters. The van der Waals surface area contributed by atoms with Gasteiger partial charge in [-0.1, -0.05) is 27.7 Å². The Hall–Kier alpha value is -1.63. The van der Waals surface area contributed by atoms with Gasteiger partial charge >= 0.3 is 12.0 Å². The van der Waals surface area contributed by atoms with Gasteiger partial charge in [0.2, 0.25) is 0 Å². The molecule has 0 saturated heterocycles. The lowest BCUT2D eigenvalue weighted by Gasteiger charge is -2.26. The molecule has 0 saturated carbocycles. The van der Waals surface area contributed by atoms with E-state index in [-0.39, 0.29) is 11.8 Å². The number of rotatable bonds is 8. The molecule has 116 valence electrons. The fraction of sp³-hybridized carbons (Fsp3) is 0.769. The first-order valence-electron chi connectivity index (χ1n) is 6.60. The van der Waals surface area contributed by atoms with Crippen LogP contribution in [0.1, 0.15) is 27.7 Å². The van der Waals surface area contributed by atoms with Crippen molar-refractivity contribution < 1.29 is 24.2 Å². The first-order valence-corrected chi connectivity index (χ1v) is 6.60. The topological polar surface area (TPSA) is 95.9 Å². The highest BCUT2D eigenvalue weighted by Crippen LogP contribution is 2.04. The minimum atomic E-state index is -1.16. The van der Waals surface area contributed by atoms with Gasteiger partial charge in [0.1, 0.15) is 13.2 Å². The SMILES string of the molecule is CC(C)CN(CC(C)C)C(=O)NC(=O)COCC(=O)O. The first-order chi connectivity index (χ1) is 9.22. The zero-order valence-electron chi connectivity index (χ0n) is 12.5. The second kappa shape index (κ2) is 9.30. The maximum Gasteiger partial charge on any atom is 0.329 e. The summed E-state index contributed by atoms with van der Waals surface area (Å²) >= 11 is 0. The first kappa shape index (κ1) is 18.4. The van der Waals surface area contributed by atoms with Crippen LogP contribution in [0, 0.1) is 11.8 Å². The summed E-state index contributed by atoms with van der Waals surface area (Å²) in [5.41, 5.74) is 0. The summed E-state index contributed by atoms with van der Waals surface area (Å²) in [5.74, 6) is -1.23. The highest BCUT2D eigenvalue weighted by molar-refractivity contribution is 5.95. The molecule has 0 bridgehead atoms. The van der Waals surface area contributed by atoms with Gasteiger partial charge in [0.05, 0.1) is 0 Å². The van der Waals surface area contributed by atoms with Gasteiger partial charge in [0.15, 0.2) is 0 Å². The molecule has 0 heterocycles. The fourth-order valence-electron chi connectivity index (χ4n) is 1.59. The van der Waals surface area contributed by atoms with Crippen molar-refractivity contribution in [3.63, 3.8) is 0 Å². The molecule has 0 spiro atoms. The Morgan fingerprint density at radius 1 is 1.05 bits per heavy atom. The number of ether oxygens (including phenoxy) is 1. The van der Waals surface area contributed by atoms with Crippen LogP contribution in [0.5, 0.6) is 0 Å². The molecule has 7 heteroatoms. The number of aliphatic carboxylic acids is 1. The largest absolute Gasteiger partial charge is 0.480 e. The number of nitrogens with one attached hydrogen (secondary N) is 1. The molecule has 0 unspecified atom stereocenters. The van der Waals surface area contributed by atoms with Gasteiger partial charge in [-0.2, -0.15) is 0 Å². The number of urea groups is 1. The molecule has 0 rings (SSSR count). The number of carbonyl (C=O) groups excluding carboxylic acids is 2. The van der Waals surface area contributed by atoms with E-state index in [2.05, 4.69) is 10.1 Å². The second-order valence-corrected chi connectivity index (χ2v) is 5.43. The van der Waals surface area contributed by atoms with Crippen LogP contribution in [0.2, 0.25) is 0 Å². The second-order valence-electron chi connectivity index (χ2n) is 5.43. The fourth-order valence-corrected chi connectivity index (χ4v) is 1.59. The summed E-state index contributed by atoms with van der Waals surface area (Å²) in [6.45, 7) is 8.02. The third kappa shape index (κ3) is 9.32. The third-order valence-electron chi connectivity index (χ3n) is 2.16. The van der Waals surface area contributed by atoms with Gasteiger partial charge in [0.25, 0.3) is 5.91 Å².